The maximum atomic E-state index is 10.2. The maximum absolute atomic E-state index is 10.2. The molecule has 0 saturated carbocycles. The Bertz CT molecular complexity index is 446. The molecular weight excluding hydrogens is 256 g/mol. The Kier molecular flexibility index (Phi) is 7.11. The van der Waals surface area contributed by atoms with Crippen LogP contribution in [-0.2, 0) is 5.41 Å². The summed E-state index contributed by atoms with van der Waals surface area (Å²) < 4.78 is 0. The van der Waals surface area contributed by atoms with Crippen molar-refractivity contribution in [3.8, 4) is 5.75 Å². The molecule has 0 aliphatic heterocycles. The molecule has 1 rings (SSSR count). The molecule has 0 aliphatic carbocycles. The first-order valence-corrected chi connectivity index (χ1v) is 6.84. The molecule has 0 radical (unpaired) electrons. The van der Waals surface area contributed by atoms with Crippen molar-refractivity contribution in [2.75, 3.05) is 0 Å². The van der Waals surface area contributed by atoms with E-state index < -0.39 is 6.16 Å². The molecule has 3 N–H and O–H groups in total. The molecule has 20 heavy (non-hydrogen) atoms. The van der Waals surface area contributed by atoms with Gasteiger partial charge in [-0.1, -0.05) is 51.3 Å². The number of carboxylic acid groups (broad SMARTS) is 2. The third-order valence-electron chi connectivity index (χ3n) is 3.33. The van der Waals surface area contributed by atoms with E-state index >= 15 is 0 Å². The summed E-state index contributed by atoms with van der Waals surface area (Å²) in [6.45, 7) is 10.7. The van der Waals surface area contributed by atoms with Crippen LogP contribution in [0.5, 0.6) is 5.75 Å². The van der Waals surface area contributed by atoms with Crippen LogP contribution in [0.1, 0.15) is 56.7 Å². The Morgan fingerprint density at radius 2 is 1.70 bits per heavy atom. The van der Waals surface area contributed by atoms with Crippen LogP contribution in [0, 0.1) is 13.8 Å². The molecule has 0 aromatic heterocycles. The summed E-state index contributed by atoms with van der Waals surface area (Å²) in [7, 11) is 0. The summed E-state index contributed by atoms with van der Waals surface area (Å²) in [6, 6.07) is 4.16. The molecular formula is C16H26O4. The molecule has 0 fully saturated rings. The number of unbranched alkanes of at least 4 members (excludes halogenated alkanes) is 1. The predicted molar refractivity (Wildman–Crippen MR) is 80.8 cm³/mol. The predicted octanol–water partition coefficient (Wildman–Crippen LogP) is 4.70. The van der Waals surface area contributed by atoms with E-state index in [1.54, 1.807) is 0 Å². The minimum atomic E-state index is -1.83. The Morgan fingerprint density at radius 3 is 2.15 bits per heavy atom. The highest BCUT2D eigenvalue weighted by Gasteiger charge is 2.24. The second kappa shape index (κ2) is 7.78. The molecule has 0 atom stereocenters. The third kappa shape index (κ3) is 5.95. The van der Waals surface area contributed by atoms with Gasteiger partial charge in [0.25, 0.3) is 0 Å². The summed E-state index contributed by atoms with van der Waals surface area (Å²) in [5, 5.41) is 24.1. The molecule has 0 saturated heterocycles. The summed E-state index contributed by atoms with van der Waals surface area (Å²) in [6.07, 6.45) is 1.70. The van der Waals surface area contributed by atoms with E-state index in [1.807, 2.05) is 13.0 Å². The number of aryl methyl sites for hydroxylation is 2. The molecule has 1 aromatic rings. The van der Waals surface area contributed by atoms with Gasteiger partial charge in [-0.15, -0.1) is 0 Å². The average molecular weight is 282 g/mol. The van der Waals surface area contributed by atoms with Gasteiger partial charge in [0.15, 0.2) is 0 Å². The van der Waals surface area contributed by atoms with Gasteiger partial charge in [-0.2, -0.15) is 0 Å². The molecule has 114 valence electrons. The van der Waals surface area contributed by atoms with Gasteiger partial charge in [0, 0.05) is 5.56 Å². The minimum absolute atomic E-state index is 0.0663. The summed E-state index contributed by atoms with van der Waals surface area (Å²) in [5.74, 6) is 0.478. The fourth-order valence-electron chi connectivity index (χ4n) is 2.23. The lowest BCUT2D eigenvalue weighted by atomic mass is 9.78. The number of phenols is 1. The molecule has 0 bridgehead atoms. The Hall–Kier alpha value is -1.71. The first-order chi connectivity index (χ1) is 9.11. The summed E-state index contributed by atoms with van der Waals surface area (Å²) in [5.41, 5.74) is 3.38. The quantitative estimate of drug-likeness (QED) is 0.748. The first kappa shape index (κ1) is 18.3. The van der Waals surface area contributed by atoms with Crippen molar-refractivity contribution in [3.63, 3.8) is 0 Å². The number of aromatic hydroxyl groups is 1. The van der Waals surface area contributed by atoms with Crippen LogP contribution in [0.4, 0.5) is 4.79 Å². The minimum Gasteiger partial charge on any atom is -0.507 e. The van der Waals surface area contributed by atoms with Gasteiger partial charge >= 0.3 is 6.16 Å². The Morgan fingerprint density at radius 1 is 1.20 bits per heavy atom. The van der Waals surface area contributed by atoms with Gasteiger partial charge in [0.1, 0.15) is 5.75 Å². The van der Waals surface area contributed by atoms with Crippen LogP contribution in [0.2, 0.25) is 0 Å². The van der Waals surface area contributed by atoms with Crippen molar-refractivity contribution in [1.82, 2.24) is 0 Å². The molecule has 0 unspecified atom stereocenters. The van der Waals surface area contributed by atoms with Crippen LogP contribution < -0.4 is 0 Å². The van der Waals surface area contributed by atoms with Gasteiger partial charge in [0.2, 0.25) is 0 Å². The number of carbonyl (C=O) groups is 1. The molecule has 0 spiro atoms. The van der Waals surface area contributed by atoms with E-state index in [2.05, 4.69) is 33.8 Å². The molecule has 4 nitrogen and oxygen atoms in total. The Balaban J connectivity index is 0.000000796. The van der Waals surface area contributed by atoms with Crippen LogP contribution in [-0.4, -0.2) is 21.5 Å². The monoisotopic (exact) mass is 282 g/mol. The van der Waals surface area contributed by atoms with Crippen molar-refractivity contribution >= 4 is 6.16 Å². The lowest BCUT2D eigenvalue weighted by molar-refractivity contribution is 0.137. The zero-order valence-electron chi connectivity index (χ0n) is 13.0. The maximum Gasteiger partial charge on any atom is 0.503 e. The average Bonchev–Trinajstić information content (AvgIpc) is 2.30. The fraction of sp³-hybridized carbons (Fsp3) is 0.562. The van der Waals surface area contributed by atoms with Crippen LogP contribution in [0.25, 0.3) is 0 Å². The number of benzene rings is 1. The van der Waals surface area contributed by atoms with Gasteiger partial charge in [0.05, 0.1) is 0 Å². The van der Waals surface area contributed by atoms with Gasteiger partial charge < -0.3 is 15.3 Å². The van der Waals surface area contributed by atoms with E-state index in [0.29, 0.717) is 5.75 Å². The van der Waals surface area contributed by atoms with Crippen molar-refractivity contribution in [3.05, 3.63) is 28.8 Å². The van der Waals surface area contributed by atoms with Crippen molar-refractivity contribution in [2.45, 2.75) is 59.3 Å². The van der Waals surface area contributed by atoms with Crippen molar-refractivity contribution < 1.29 is 20.1 Å². The molecule has 1 aromatic carbocycles. The second-order valence-corrected chi connectivity index (χ2v) is 5.75. The highest BCUT2D eigenvalue weighted by Crippen LogP contribution is 2.37. The van der Waals surface area contributed by atoms with Crippen LogP contribution >= 0.6 is 0 Å². The lowest BCUT2D eigenvalue weighted by Gasteiger charge is -2.27. The highest BCUT2D eigenvalue weighted by molar-refractivity contribution is 5.53. The van der Waals surface area contributed by atoms with E-state index in [9.17, 15) is 5.11 Å². The third-order valence-corrected chi connectivity index (χ3v) is 3.33. The van der Waals surface area contributed by atoms with Crippen LogP contribution in [0.15, 0.2) is 12.1 Å². The standard InChI is InChI=1S/C15H24O.CH2O3/c1-6-7-8-15(4,5)13-10-11(2)9-12(3)14(13)16;2-1(3)4/h9-10,16H,6-8H2,1-5H3;(H2,2,3,4). The van der Waals surface area contributed by atoms with Crippen LogP contribution in [0.3, 0.4) is 0 Å². The lowest BCUT2D eigenvalue weighted by Crippen LogP contribution is -2.17. The molecule has 4 heteroatoms. The summed E-state index contributed by atoms with van der Waals surface area (Å²) >= 11 is 0. The zero-order valence-corrected chi connectivity index (χ0v) is 13.0. The van der Waals surface area contributed by atoms with E-state index in [4.69, 9.17) is 15.0 Å². The number of phenolic OH excluding ortho intramolecular Hbond substituents is 1. The number of hydrogen-bond acceptors (Lipinski definition) is 2. The molecule has 0 amide bonds. The SMILES string of the molecule is CCCCC(C)(C)c1cc(C)cc(C)c1O.O=C(O)O. The highest BCUT2D eigenvalue weighted by atomic mass is 16.6. The smallest absolute Gasteiger partial charge is 0.503 e. The topological polar surface area (TPSA) is 77.8 Å². The van der Waals surface area contributed by atoms with E-state index in [-0.39, 0.29) is 5.41 Å². The first-order valence-electron chi connectivity index (χ1n) is 6.84. The van der Waals surface area contributed by atoms with E-state index in [0.717, 1.165) is 17.5 Å². The fourth-order valence-corrected chi connectivity index (χ4v) is 2.23. The number of hydrogen-bond donors (Lipinski definition) is 3. The normalized spacial score (nSPS) is 10.7. The van der Waals surface area contributed by atoms with E-state index in [1.165, 1.54) is 18.4 Å². The van der Waals surface area contributed by atoms with Crippen molar-refractivity contribution in [2.24, 2.45) is 0 Å². The zero-order chi connectivity index (χ0) is 15.9. The van der Waals surface area contributed by atoms with Gasteiger partial charge in [-0.3, -0.25) is 0 Å². The van der Waals surface area contributed by atoms with Gasteiger partial charge in [-0.05, 0) is 31.2 Å². The summed E-state index contributed by atoms with van der Waals surface area (Å²) in [4.78, 5) is 8.56. The number of rotatable bonds is 4. The Labute approximate surface area is 121 Å². The largest absolute Gasteiger partial charge is 0.507 e. The van der Waals surface area contributed by atoms with Gasteiger partial charge in [-0.25, -0.2) is 4.79 Å². The van der Waals surface area contributed by atoms with Crippen molar-refractivity contribution in [1.29, 1.82) is 0 Å². The molecule has 0 heterocycles. The second-order valence-electron chi connectivity index (χ2n) is 5.75. The molecule has 0 aliphatic rings.